The molecule has 0 amide bonds. The van der Waals surface area contributed by atoms with E-state index in [1.165, 1.54) is 25.3 Å². The molecule has 100 valence electrons. The van der Waals surface area contributed by atoms with Crippen molar-refractivity contribution < 1.29 is 14.2 Å². The summed E-state index contributed by atoms with van der Waals surface area (Å²) in [6.45, 7) is 1.96. The number of methoxy groups -OCH3 is 1. The fourth-order valence-corrected chi connectivity index (χ4v) is 2.65. The molecule has 0 spiro atoms. The van der Waals surface area contributed by atoms with E-state index in [0.29, 0.717) is 16.9 Å². The van der Waals surface area contributed by atoms with Gasteiger partial charge in [-0.3, -0.25) is 0 Å². The Bertz CT molecular complexity index is 599. The maximum absolute atomic E-state index is 13.3. The number of hydrogen-bond donors (Lipinski definition) is 1. The SMILES string of the molecule is COc1ccc(F)cc1C(O)c1ccc(C)cc1Br. The minimum Gasteiger partial charge on any atom is -0.496 e. The Hall–Kier alpha value is -1.39. The molecule has 2 nitrogen and oxygen atoms in total. The van der Waals surface area contributed by atoms with Gasteiger partial charge in [0.25, 0.3) is 0 Å². The normalized spacial score (nSPS) is 12.3. The first-order chi connectivity index (χ1) is 9.02. The summed E-state index contributed by atoms with van der Waals surface area (Å²) in [5.41, 5.74) is 2.16. The van der Waals surface area contributed by atoms with E-state index in [9.17, 15) is 9.50 Å². The van der Waals surface area contributed by atoms with E-state index in [2.05, 4.69) is 15.9 Å². The molecule has 0 fully saturated rings. The summed E-state index contributed by atoms with van der Waals surface area (Å²) in [6.07, 6.45) is -0.944. The van der Waals surface area contributed by atoms with Crippen molar-refractivity contribution in [1.29, 1.82) is 0 Å². The predicted octanol–water partition coefficient (Wildman–Crippen LogP) is 3.99. The molecule has 1 N–H and O–H groups in total. The molecule has 0 bridgehead atoms. The highest BCUT2D eigenvalue weighted by molar-refractivity contribution is 9.10. The molecule has 4 heteroatoms. The van der Waals surface area contributed by atoms with Crippen molar-refractivity contribution in [3.8, 4) is 5.75 Å². The number of benzene rings is 2. The lowest BCUT2D eigenvalue weighted by molar-refractivity contribution is 0.213. The molecule has 0 saturated carbocycles. The van der Waals surface area contributed by atoms with Crippen LogP contribution in [0.25, 0.3) is 0 Å². The average molecular weight is 325 g/mol. The Morgan fingerprint density at radius 3 is 2.53 bits per heavy atom. The first-order valence-corrected chi connectivity index (χ1v) is 6.59. The number of hydrogen-bond acceptors (Lipinski definition) is 2. The molecule has 0 radical (unpaired) electrons. The zero-order chi connectivity index (χ0) is 14.0. The molecule has 0 aromatic heterocycles. The summed E-state index contributed by atoms with van der Waals surface area (Å²) in [4.78, 5) is 0. The fourth-order valence-electron chi connectivity index (χ4n) is 1.94. The van der Waals surface area contributed by atoms with Crippen molar-refractivity contribution in [2.45, 2.75) is 13.0 Å². The quantitative estimate of drug-likeness (QED) is 0.925. The van der Waals surface area contributed by atoms with Gasteiger partial charge in [0, 0.05) is 10.0 Å². The van der Waals surface area contributed by atoms with Crippen LogP contribution in [0.5, 0.6) is 5.75 Å². The van der Waals surface area contributed by atoms with E-state index < -0.39 is 11.9 Å². The molecular weight excluding hydrogens is 311 g/mol. The third-order valence-electron chi connectivity index (χ3n) is 2.94. The second kappa shape index (κ2) is 5.72. The number of aliphatic hydroxyl groups excluding tert-OH is 1. The van der Waals surface area contributed by atoms with Gasteiger partial charge in [-0.2, -0.15) is 0 Å². The standard InChI is InChI=1S/C15H14BrFO2/c1-9-3-5-11(13(16)7-9)15(18)12-8-10(17)4-6-14(12)19-2/h3-8,15,18H,1-2H3. The van der Waals surface area contributed by atoms with Gasteiger partial charge in [-0.05, 0) is 42.3 Å². The first-order valence-electron chi connectivity index (χ1n) is 5.80. The van der Waals surface area contributed by atoms with E-state index in [-0.39, 0.29) is 0 Å². The lowest BCUT2D eigenvalue weighted by atomic mass is 9.99. The largest absolute Gasteiger partial charge is 0.496 e. The molecule has 0 heterocycles. The van der Waals surface area contributed by atoms with E-state index in [1.807, 2.05) is 25.1 Å². The van der Waals surface area contributed by atoms with Crippen LogP contribution in [0.2, 0.25) is 0 Å². The van der Waals surface area contributed by atoms with Gasteiger partial charge in [0.2, 0.25) is 0 Å². The van der Waals surface area contributed by atoms with Crippen LogP contribution >= 0.6 is 15.9 Å². The number of halogens is 2. The Balaban J connectivity index is 2.49. The van der Waals surface area contributed by atoms with E-state index in [1.54, 1.807) is 0 Å². The van der Waals surface area contributed by atoms with Crippen molar-refractivity contribution in [1.82, 2.24) is 0 Å². The average Bonchev–Trinajstić information content (AvgIpc) is 2.38. The minimum absolute atomic E-state index is 0.405. The van der Waals surface area contributed by atoms with Gasteiger partial charge in [-0.15, -0.1) is 0 Å². The van der Waals surface area contributed by atoms with Crippen LogP contribution in [-0.2, 0) is 0 Å². The Labute approximate surface area is 120 Å². The van der Waals surface area contributed by atoms with Crippen molar-refractivity contribution in [2.24, 2.45) is 0 Å². The zero-order valence-electron chi connectivity index (χ0n) is 10.7. The van der Waals surface area contributed by atoms with Crippen LogP contribution in [0, 0.1) is 12.7 Å². The first kappa shape index (κ1) is 14.0. The summed E-state index contributed by atoms with van der Waals surface area (Å²) in [7, 11) is 1.49. The molecule has 0 saturated heterocycles. The fraction of sp³-hybridized carbons (Fsp3) is 0.200. The number of rotatable bonds is 3. The molecule has 2 aromatic carbocycles. The van der Waals surface area contributed by atoms with Crippen molar-refractivity contribution in [3.63, 3.8) is 0 Å². The van der Waals surface area contributed by atoms with Gasteiger partial charge in [-0.1, -0.05) is 28.1 Å². The number of aryl methyl sites for hydroxylation is 1. The lowest BCUT2D eigenvalue weighted by Gasteiger charge is -2.17. The second-order valence-corrected chi connectivity index (χ2v) is 5.17. The maximum atomic E-state index is 13.3. The van der Waals surface area contributed by atoms with Crippen LogP contribution < -0.4 is 4.74 Å². The smallest absolute Gasteiger partial charge is 0.125 e. The molecule has 1 atom stereocenters. The molecule has 0 aliphatic carbocycles. The van der Waals surface area contributed by atoms with E-state index >= 15 is 0 Å². The highest BCUT2D eigenvalue weighted by Crippen LogP contribution is 2.34. The van der Waals surface area contributed by atoms with Crippen LogP contribution in [0.4, 0.5) is 4.39 Å². The molecule has 2 aromatic rings. The number of aliphatic hydroxyl groups is 1. The van der Waals surface area contributed by atoms with Crippen molar-refractivity contribution in [3.05, 3.63) is 63.4 Å². The van der Waals surface area contributed by atoms with Crippen LogP contribution in [0.1, 0.15) is 22.8 Å². The maximum Gasteiger partial charge on any atom is 0.125 e. The minimum atomic E-state index is -0.944. The molecule has 2 rings (SSSR count). The second-order valence-electron chi connectivity index (χ2n) is 4.31. The zero-order valence-corrected chi connectivity index (χ0v) is 12.2. The Morgan fingerprint density at radius 2 is 1.89 bits per heavy atom. The van der Waals surface area contributed by atoms with Crippen LogP contribution in [0.3, 0.4) is 0 Å². The Kier molecular flexibility index (Phi) is 4.22. The molecule has 0 aliphatic heterocycles. The predicted molar refractivity (Wildman–Crippen MR) is 75.9 cm³/mol. The highest BCUT2D eigenvalue weighted by Gasteiger charge is 2.18. The third kappa shape index (κ3) is 2.96. The van der Waals surface area contributed by atoms with Gasteiger partial charge in [-0.25, -0.2) is 4.39 Å². The van der Waals surface area contributed by atoms with Gasteiger partial charge in [0.1, 0.15) is 17.7 Å². The van der Waals surface area contributed by atoms with Crippen molar-refractivity contribution >= 4 is 15.9 Å². The van der Waals surface area contributed by atoms with Gasteiger partial charge in [0.05, 0.1) is 7.11 Å². The molecule has 19 heavy (non-hydrogen) atoms. The third-order valence-corrected chi connectivity index (χ3v) is 3.62. The summed E-state index contributed by atoms with van der Waals surface area (Å²) in [5.74, 6) is 0.0551. The topological polar surface area (TPSA) is 29.5 Å². The summed E-state index contributed by atoms with van der Waals surface area (Å²) >= 11 is 3.42. The van der Waals surface area contributed by atoms with Crippen molar-refractivity contribution in [2.75, 3.05) is 7.11 Å². The van der Waals surface area contributed by atoms with Gasteiger partial charge < -0.3 is 9.84 Å². The number of ether oxygens (including phenoxy) is 1. The summed E-state index contributed by atoms with van der Waals surface area (Å²) in [5, 5.41) is 10.4. The Morgan fingerprint density at radius 1 is 1.16 bits per heavy atom. The molecule has 1 unspecified atom stereocenters. The van der Waals surface area contributed by atoms with Crippen LogP contribution in [0.15, 0.2) is 40.9 Å². The van der Waals surface area contributed by atoms with E-state index in [4.69, 9.17) is 4.74 Å². The summed E-state index contributed by atoms with van der Waals surface area (Å²) < 4.78 is 19.3. The van der Waals surface area contributed by atoms with Gasteiger partial charge >= 0.3 is 0 Å². The van der Waals surface area contributed by atoms with E-state index in [0.717, 1.165) is 10.0 Å². The highest BCUT2D eigenvalue weighted by atomic mass is 79.9. The summed E-state index contributed by atoms with van der Waals surface area (Å²) in [6, 6.07) is 9.72. The van der Waals surface area contributed by atoms with Crippen LogP contribution in [-0.4, -0.2) is 12.2 Å². The lowest BCUT2D eigenvalue weighted by Crippen LogP contribution is -2.04. The molecule has 0 aliphatic rings. The molecular formula is C15H14BrFO2. The monoisotopic (exact) mass is 324 g/mol. The van der Waals surface area contributed by atoms with Gasteiger partial charge in [0.15, 0.2) is 0 Å².